The Morgan fingerprint density at radius 3 is 2.80 bits per heavy atom. The molecule has 3 rings (SSSR count). The monoisotopic (exact) mass is 356 g/mol. The smallest absolute Gasteiger partial charge is 0.378 e. The second kappa shape index (κ2) is 7.68. The van der Waals surface area contributed by atoms with Crippen LogP contribution in [0.3, 0.4) is 0 Å². The number of unbranched alkanes of at least 4 members (excludes halogenated alkanes) is 1. The summed E-state index contributed by atoms with van der Waals surface area (Å²) in [6.07, 6.45) is 0.768. The van der Waals surface area contributed by atoms with Crippen LogP contribution in [0.1, 0.15) is 23.5 Å². The molecule has 2 aromatic heterocycles. The second-order valence-corrected chi connectivity index (χ2v) is 5.97. The van der Waals surface area contributed by atoms with Crippen molar-refractivity contribution in [3.05, 3.63) is 53.4 Å². The maximum Gasteiger partial charge on any atom is 0.378 e. The topological polar surface area (TPSA) is 80.8 Å². The van der Waals surface area contributed by atoms with Crippen LogP contribution in [0.25, 0.3) is 16.4 Å². The summed E-state index contributed by atoms with van der Waals surface area (Å²) in [4.78, 5) is 17.2. The molecule has 126 valence electrons. The van der Waals surface area contributed by atoms with Gasteiger partial charge in [-0.25, -0.2) is 13.9 Å². The molecule has 0 saturated heterocycles. The van der Waals surface area contributed by atoms with Gasteiger partial charge in [0.1, 0.15) is 5.82 Å². The molecule has 3 aromatic rings. The van der Waals surface area contributed by atoms with E-state index >= 15 is 0 Å². The van der Waals surface area contributed by atoms with Gasteiger partial charge >= 0.3 is 5.97 Å². The fourth-order valence-corrected chi connectivity index (χ4v) is 2.81. The Morgan fingerprint density at radius 2 is 2.12 bits per heavy atom. The third-order valence-corrected chi connectivity index (χ3v) is 4.13. The highest BCUT2D eigenvalue weighted by atomic mass is 32.1. The summed E-state index contributed by atoms with van der Waals surface area (Å²) in [5, 5.41) is 14.6. The molecule has 0 spiro atoms. The minimum Gasteiger partial charge on any atom is -0.460 e. The van der Waals surface area contributed by atoms with Crippen molar-refractivity contribution in [3.8, 4) is 22.5 Å². The van der Waals surface area contributed by atoms with Gasteiger partial charge in [0.05, 0.1) is 23.2 Å². The van der Waals surface area contributed by atoms with Gasteiger partial charge in [-0.15, -0.1) is 16.4 Å². The highest BCUT2D eigenvalue weighted by Crippen LogP contribution is 2.25. The number of carbonyl (C=O) groups excluding carboxylic acids is 1. The first-order valence-corrected chi connectivity index (χ1v) is 8.38. The van der Waals surface area contributed by atoms with Gasteiger partial charge in [-0.3, -0.25) is 0 Å². The van der Waals surface area contributed by atoms with E-state index in [4.69, 9.17) is 10.00 Å². The molecular weight excluding hydrogens is 343 g/mol. The third-order valence-electron chi connectivity index (χ3n) is 3.27. The maximum absolute atomic E-state index is 13.2. The van der Waals surface area contributed by atoms with Crippen LogP contribution >= 0.6 is 11.3 Å². The Balaban J connectivity index is 1.91. The van der Waals surface area contributed by atoms with Gasteiger partial charge in [-0.1, -0.05) is 6.07 Å². The molecule has 2 heterocycles. The predicted molar refractivity (Wildman–Crippen MR) is 89.8 cm³/mol. The number of halogens is 1. The average molecular weight is 356 g/mol. The highest BCUT2D eigenvalue weighted by molar-refractivity contribution is 7.13. The van der Waals surface area contributed by atoms with Crippen molar-refractivity contribution in [1.82, 2.24) is 14.8 Å². The summed E-state index contributed by atoms with van der Waals surface area (Å²) < 4.78 is 19.7. The molecule has 0 saturated carbocycles. The Hall–Kier alpha value is -3.05. The van der Waals surface area contributed by atoms with Crippen LogP contribution in [0.4, 0.5) is 4.39 Å². The maximum atomic E-state index is 13.2. The van der Waals surface area contributed by atoms with Crippen molar-refractivity contribution in [2.75, 3.05) is 6.61 Å². The van der Waals surface area contributed by atoms with Crippen LogP contribution in [-0.2, 0) is 4.74 Å². The molecule has 0 N–H and O–H groups in total. The van der Waals surface area contributed by atoms with E-state index in [0.717, 1.165) is 4.88 Å². The molecular formula is C17H13FN4O2S. The Morgan fingerprint density at radius 1 is 1.32 bits per heavy atom. The van der Waals surface area contributed by atoms with Gasteiger partial charge in [-0.05, 0) is 42.1 Å². The lowest BCUT2D eigenvalue weighted by molar-refractivity contribution is 0.0487. The van der Waals surface area contributed by atoms with E-state index in [2.05, 4.69) is 10.1 Å². The number of hydrogen-bond donors (Lipinski definition) is 0. The van der Waals surface area contributed by atoms with Crippen LogP contribution < -0.4 is 0 Å². The van der Waals surface area contributed by atoms with E-state index < -0.39 is 5.97 Å². The molecule has 25 heavy (non-hydrogen) atoms. The summed E-state index contributed by atoms with van der Waals surface area (Å²) in [5.74, 6) is -0.620. The SMILES string of the molecule is N#CCCCOC(=O)c1nc(-c2cccs2)n(-c2ccc(F)cc2)n1. The molecule has 0 aliphatic carbocycles. The first-order chi connectivity index (χ1) is 12.2. The molecule has 8 heteroatoms. The summed E-state index contributed by atoms with van der Waals surface area (Å²) >= 11 is 1.45. The van der Waals surface area contributed by atoms with Crippen LogP contribution in [0.2, 0.25) is 0 Å². The zero-order valence-electron chi connectivity index (χ0n) is 13.1. The zero-order chi connectivity index (χ0) is 17.6. The first-order valence-electron chi connectivity index (χ1n) is 7.50. The van der Waals surface area contributed by atoms with E-state index in [9.17, 15) is 9.18 Å². The molecule has 0 unspecified atom stereocenters. The van der Waals surface area contributed by atoms with E-state index in [1.165, 1.54) is 28.2 Å². The number of thiophene rings is 1. The third kappa shape index (κ3) is 3.89. The Kier molecular flexibility index (Phi) is 5.16. The number of nitrogens with zero attached hydrogens (tertiary/aromatic N) is 4. The number of nitriles is 1. The number of rotatable bonds is 6. The minimum atomic E-state index is -0.656. The fraction of sp³-hybridized carbons (Fsp3) is 0.176. The highest BCUT2D eigenvalue weighted by Gasteiger charge is 2.20. The van der Waals surface area contributed by atoms with Crippen molar-refractivity contribution in [3.63, 3.8) is 0 Å². The van der Waals surface area contributed by atoms with Crippen molar-refractivity contribution >= 4 is 17.3 Å². The van der Waals surface area contributed by atoms with Crippen molar-refractivity contribution in [2.24, 2.45) is 0 Å². The van der Waals surface area contributed by atoms with E-state index in [1.54, 1.807) is 12.1 Å². The second-order valence-electron chi connectivity index (χ2n) is 5.02. The lowest BCUT2D eigenvalue weighted by Crippen LogP contribution is -2.09. The van der Waals surface area contributed by atoms with Gasteiger partial charge < -0.3 is 4.74 Å². The molecule has 0 amide bonds. The number of carbonyl (C=O) groups is 1. The number of aromatic nitrogens is 3. The molecule has 6 nitrogen and oxygen atoms in total. The average Bonchev–Trinajstić information content (AvgIpc) is 3.28. The van der Waals surface area contributed by atoms with E-state index in [1.807, 2.05) is 23.6 Å². The lowest BCUT2D eigenvalue weighted by Gasteiger charge is -2.03. The Labute approximate surface area is 147 Å². The largest absolute Gasteiger partial charge is 0.460 e. The summed E-state index contributed by atoms with van der Waals surface area (Å²) in [7, 11) is 0. The normalized spacial score (nSPS) is 10.4. The van der Waals surface area contributed by atoms with Crippen LogP contribution in [0, 0.1) is 17.1 Å². The van der Waals surface area contributed by atoms with E-state index in [-0.39, 0.29) is 18.2 Å². The number of benzene rings is 1. The molecule has 1 aromatic carbocycles. The Bertz CT molecular complexity index is 898. The summed E-state index contributed by atoms with van der Waals surface area (Å²) in [6.45, 7) is 0.131. The predicted octanol–water partition coefficient (Wildman–Crippen LogP) is 3.60. The van der Waals surface area contributed by atoms with Gasteiger partial charge in [-0.2, -0.15) is 10.2 Å². The zero-order valence-corrected chi connectivity index (χ0v) is 13.9. The molecule has 0 atom stereocenters. The molecule has 0 aliphatic heterocycles. The van der Waals surface area contributed by atoms with Gasteiger partial charge in [0, 0.05) is 6.42 Å². The van der Waals surface area contributed by atoms with Gasteiger partial charge in [0.15, 0.2) is 5.82 Å². The molecule has 0 bridgehead atoms. The van der Waals surface area contributed by atoms with Crippen LogP contribution in [-0.4, -0.2) is 27.3 Å². The van der Waals surface area contributed by atoms with Crippen LogP contribution in [0.15, 0.2) is 41.8 Å². The molecule has 0 aliphatic rings. The molecule has 0 fully saturated rings. The first kappa shape index (κ1) is 16.8. The van der Waals surface area contributed by atoms with Crippen molar-refractivity contribution in [2.45, 2.75) is 12.8 Å². The fourth-order valence-electron chi connectivity index (χ4n) is 2.11. The number of esters is 1. The van der Waals surface area contributed by atoms with Gasteiger partial charge in [0.2, 0.25) is 0 Å². The lowest BCUT2D eigenvalue weighted by atomic mass is 10.3. The minimum absolute atomic E-state index is 0.0790. The molecule has 0 radical (unpaired) electrons. The van der Waals surface area contributed by atoms with E-state index in [0.29, 0.717) is 24.4 Å². The van der Waals surface area contributed by atoms with Crippen LogP contribution in [0.5, 0.6) is 0 Å². The van der Waals surface area contributed by atoms with Crippen molar-refractivity contribution in [1.29, 1.82) is 5.26 Å². The summed E-state index contributed by atoms with van der Waals surface area (Å²) in [6, 6.07) is 11.5. The van der Waals surface area contributed by atoms with Crippen molar-refractivity contribution < 1.29 is 13.9 Å². The standard InChI is InChI=1S/C17H13FN4O2S/c18-12-5-7-13(8-6-12)22-16(14-4-3-11-25-14)20-15(21-22)17(23)24-10-2-1-9-19/h3-8,11H,1-2,10H2. The summed E-state index contributed by atoms with van der Waals surface area (Å²) in [5.41, 5.74) is 0.584. The van der Waals surface area contributed by atoms with Gasteiger partial charge in [0.25, 0.3) is 5.82 Å². The number of ether oxygens (including phenoxy) is 1. The number of hydrogen-bond acceptors (Lipinski definition) is 6. The quantitative estimate of drug-likeness (QED) is 0.498.